The largest absolute Gasteiger partial charge is 0.417 e. The maximum absolute atomic E-state index is 13.3. The van der Waals surface area contributed by atoms with Gasteiger partial charge in [0.15, 0.2) is 0 Å². The van der Waals surface area contributed by atoms with Gasteiger partial charge in [0, 0.05) is 24.3 Å². The van der Waals surface area contributed by atoms with Crippen LogP contribution < -0.4 is 0 Å². The van der Waals surface area contributed by atoms with Crippen LogP contribution in [0.15, 0.2) is 78.9 Å². The summed E-state index contributed by atoms with van der Waals surface area (Å²) in [6, 6.07) is 24.5. The molecule has 0 aromatic heterocycles. The fourth-order valence-corrected chi connectivity index (χ4v) is 4.26. The Kier molecular flexibility index (Phi) is 8.58. The number of rotatable bonds is 9. The van der Waals surface area contributed by atoms with Crippen molar-refractivity contribution in [1.82, 2.24) is 4.90 Å². The second-order valence-corrected chi connectivity index (χ2v) is 8.60. The van der Waals surface area contributed by atoms with Gasteiger partial charge in [0.1, 0.15) is 0 Å². The van der Waals surface area contributed by atoms with Gasteiger partial charge in [0.05, 0.1) is 10.6 Å². The predicted octanol–water partition coefficient (Wildman–Crippen LogP) is 7.78. The van der Waals surface area contributed by atoms with E-state index in [-0.39, 0.29) is 10.9 Å². The molecule has 0 radical (unpaired) electrons. The maximum atomic E-state index is 13.3. The van der Waals surface area contributed by atoms with Crippen LogP contribution in [-0.2, 0) is 12.7 Å². The van der Waals surface area contributed by atoms with Gasteiger partial charge in [-0.25, -0.2) is 0 Å². The summed E-state index contributed by atoms with van der Waals surface area (Å²) in [5, 5.41) is 0.607. The molecule has 0 fully saturated rings. The maximum Gasteiger partial charge on any atom is 0.417 e. The Labute approximate surface area is 195 Å². The first-order valence-corrected chi connectivity index (χ1v) is 11.6. The smallest absolute Gasteiger partial charge is 0.298 e. The fourth-order valence-electron chi connectivity index (χ4n) is 3.71. The van der Waals surface area contributed by atoms with E-state index in [9.17, 15) is 13.2 Å². The monoisotopic (exact) mass is 509 g/mol. The van der Waals surface area contributed by atoms with Gasteiger partial charge in [0.25, 0.3) is 0 Å². The first-order valence-electron chi connectivity index (χ1n) is 10.1. The van der Waals surface area contributed by atoms with Crippen molar-refractivity contribution < 1.29 is 13.2 Å². The SMILES string of the molecule is FC(F)(F)c1cccc(CN(CCCBr)CC(c2ccccc2)c2ccccc2)c1Cl. The molecule has 1 nitrogen and oxygen atoms in total. The van der Waals surface area contributed by atoms with Crippen LogP contribution in [0.25, 0.3) is 0 Å². The standard InChI is InChI=1S/C25H24BrClF3N/c26-15-8-16-31(17-21-13-7-14-23(24(21)27)25(28,29)30)18-22(19-9-3-1-4-10-19)20-11-5-2-6-12-20/h1-7,9-14,22H,8,15-18H2. The number of hydrogen-bond donors (Lipinski definition) is 0. The van der Waals surface area contributed by atoms with Crippen LogP contribution in [0.3, 0.4) is 0 Å². The van der Waals surface area contributed by atoms with Gasteiger partial charge in [0.2, 0.25) is 0 Å². The molecule has 0 bridgehead atoms. The Morgan fingerprint density at radius 1 is 0.839 bits per heavy atom. The lowest BCUT2D eigenvalue weighted by Gasteiger charge is -2.29. The van der Waals surface area contributed by atoms with Crippen LogP contribution >= 0.6 is 27.5 Å². The van der Waals surface area contributed by atoms with Crippen LogP contribution in [0, 0.1) is 0 Å². The second-order valence-electron chi connectivity index (χ2n) is 7.43. The second kappa shape index (κ2) is 11.2. The van der Waals surface area contributed by atoms with E-state index in [1.165, 1.54) is 17.2 Å². The van der Waals surface area contributed by atoms with Crippen molar-refractivity contribution in [2.45, 2.75) is 25.1 Å². The molecule has 6 heteroatoms. The Hall–Kier alpha value is -1.82. The molecule has 0 saturated carbocycles. The summed E-state index contributed by atoms with van der Waals surface area (Å²) in [4.78, 5) is 2.19. The summed E-state index contributed by atoms with van der Waals surface area (Å²) >= 11 is 9.66. The van der Waals surface area contributed by atoms with E-state index in [1.54, 1.807) is 6.07 Å². The Balaban J connectivity index is 1.91. The van der Waals surface area contributed by atoms with Gasteiger partial charge in [-0.05, 0) is 35.7 Å². The molecule has 3 aromatic rings. The van der Waals surface area contributed by atoms with Gasteiger partial charge in [-0.15, -0.1) is 0 Å². The minimum absolute atomic E-state index is 0.0994. The van der Waals surface area contributed by atoms with Crippen molar-refractivity contribution >= 4 is 27.5 Å². The third-order valence-corrected chi connectivity index (χ3v) is 6.24. The lowest BCUT2D eigenvalue weighted by molar-refractivity contribution is -0.137. The quantitative estimate of drug-likeness (QED) is 0.266. The molecule has 164 valence electrons. The molecule has 31 heavy (non-hydrogen) atoms. The Morgan fingerprint density at radius 3 is 1.94 bits per heavy atom. The molecule has 3 aromatic carbocycles. The topological polar surface area (TPSA) is 3.24 Å². The van der Waals surface area contributed by atoms with Crippen LogP contribution in [0.2, 0.25) is 5.02 Å². The molecule has 0 unspecified atom stereocenters. The van der Waals surface area contributed by atoms with Gasteiger partial charge < -0.3 is 0 Å². The highest BCUT2D eigenvalue weighted by atomic mass is 79.9. The number of hydrogen-bond acceptors (Lipinski definition) is 1. The van der Waals surface area contributed by atoms with Crippen LogP contribution in [0.4, 0.5) is 13.2 Å². The van der Waals surface area contributed by atoms with E-state index in [0.29, 0.717) is 18.7 Å². The van der Waals surface area contributed by atoms with Crippen molar-refractivity contribution in [3.63, 3.8) is 0 Å². The van der Waals surface area contributed by atoms with E-state index in [0.717, 1.165) is 24.4 Å². The number of halogens is 5. The zero-order chi connectivity index (χ0) is 22.3. The molecule has 0 atom stereocenters. The Bertz CT molecular complexity index is 908. The minimum atomic E-state index is -4.47. The van der Waals surface area contributed by atoms with Crippen molar-refractivity contribution in [3.8, 4) is 0 Å². The molecule has 0 heterocycles. The van der Waals surface area contributed by atoms with Crippen LogP contribution in [0.1, 0.15) is 34.6 Å². The highest BCUT2D eigenvalue weighted by molar-refractivity contribution is 9.09. The zero-order valence-corrected chi connectivity index (χ0v) is 19.3. The Morgan fingerprint density at radius 2 is 1.42 bits per heavy atom. The molecular formula is C25H24BrClF3N. The zero-order valence-electron chi connectivity index (χ0n) is 17.0. The predicted molar refractivity (Wildman–Crippen MR) is 125 cm³/mol. The van der Waals surface area contributed by atoms with E-state index < -0.39 is 11.7 Å². The highest BCUT2D eigenvalue weighted by Gasteiger charge is 2.34. The van der Waals surface area contributed by atoms with E-state index in [2.05, 4.69) is 45.1 Å². The number of benzene rings is 3. The lowest BCUT2D eigenvalue weighted by Crippen LogP contribution is -2.30. The fraction of sp³-hybridized carbons (Fsp3) is 0.280. The highest BCUT2D eigenvalue weighted by Crippen LogP contribution is 2.37. The number of nitrogens with zero attached hydrogens (tertiary/aromatic N) is 1. The molecule has 3 rings (SSSR count). The minimum Gasteiger partial charge on any atom is -0.298 e. The summed E-state index contributed by atoms with van der Waals surface area (Å²) in [5.74, 6) is 0.0994. The lowest BCUT2D eigenvalue weighted by atomic mass is 9.90. The van der Waals surface area contributed by atoms with E-state index in [1.807, 2.05) is 36.4 Å². The van der Waals surface area contributed by atoms with Crippen LogP contribution in [-0.4, -0.2) is 23.3 Å². The van der Waals surface area contributed by atoms with Gasteiger partial charge in [-0.1, -0.05) is 100 Å². The molecule has 0 saturated heterocycles. The average Bonchev–Trinajstić information content (AvgIpc) is 2.77. The number of alkyl halides is 4. The summed E-state index contributed by atoms with van der Waals surface area (Å²) in [5.41, 5.74) is 2.06. The molecule has 0 aliphatic carbocycles. The van der Waals surface area contributed by atoms with E-state index in [4.69, 9.17) is 11.6 Å². The van der Waals surface area contributed by atoms with Gasteiger partial charge >= 0.3 is 6.18 Å². The van der Waals surface area contributed by atoms with Gasteiger partial charge in [-0.2, -0.15) is 13.2 Å². The molecule has 0 aliphatic rings. The summed E-state index contributed by atoms with van der Waals surface area (Å²) < 4.78 is 40.0. The molecule has 0 spiro atoms. The third-order valence-electron chi connectivity index (χ3n) is 5.23. The molecule has 0 aliphatic heterocycles. The van der Waals surface area contributed by atoms with Crippen LogP contribution in [0.5, 0.6) is 0 Å². The van der Waals surface area contributed by atoms with Crippen molar-refractivity contribution in [2.75, 3.05) is 18.4 Å². The summed E-state index contributed by atoms with van der Waals surface area (Å²) in [6.07, 6.45) is -3.59. The van der Waals surface area contributed by atoms with Gasteiger partial charge in [-0.3, -0.25) is 4.90 Å². The molecule has 0 amide bonds. The normalized spacial score (nSPS) is 12.0. The van der Waals surface area contributed by atoms with E-state index >= 15 is 0 Å². The molecular weight excluding hydrogens is 487 g/mol. The summed E-state index contributed by atoms with van der Waals surface area (Å²) in [6.45, 7) is 1.77. The van der Waals surface area contributed by atoms with Crippen molar-refractivity contribution in [2.24, 2.45) is 0 Å². The molecule has 0 N–H and O–H groups in total. The first kappa shape index (κ1) is 23.8. The average molecular weight is 511 g/mol. The van der Waals surface area contributed by atoms with Crippen molar-refractivity contribution in [3.05, 3.63) is 106 Å². The van der Waals surface area contributed by atoms with Crippen molar-refractivity contribution in [1.29, 1.82) is 0 Å². The third kappa shape index (κ3) is 6.58. The summed E-state index contributed by atoms with van der Waals surface area (Å²) in [7, 11) is 0. The first-order chi connectivity index (χ1) is 14.9.